The number of ether oxygens (including phenoxy) is 2. The van der Waals surface area contributed by atoms with Crippen LogP contribution >= 0.6 is 11.8 Å². The first kappa shape index (κ1) is 26.4. The zero-order valence-electron chi connectivity index (χ0n) is 21.4. The summed E-state index contributed by atoms with van der Waals surface area (Å²) in [5.41, 5.74) is 2.44. The molecule has 192 valence electrons. The number of allylic oxidation sites excluding steroid dienone is 7. The molecule has 0 saturated carbocycles. The number of hydrogen-bond acceptors (Lipinski definition) is 5. The van der Waals surface area contributed by atoms with Gasteiger partial charge in [0, 0.05) is 6.54 Å². The molecule has 1 aromatic rings. The maximum absolute atomic E-state index is 9.92. The summed E-state index contributed by atoms with van der Waals surface area (Å²) in [6, 6.07) is 8.24. The van der Waals surface area contributed by atoms with Gasteiger partial charge in [-0.1, -0.05) is 62.3 Å². The first-order valence-electron chi connectivity index (χ1n) is 13.2. The Kier molecular flexibility index (Phi) is 10.00. The fraction of sp³-hybridized carbons (Fsp3) is 0.419. The van der Waals surface area contributed by atoms with Crippen LogP contribution in [0.15, 0.2) is 101 Å². The number of fused-ring (bicyclic) bond motifs is 1. The lowest BCUT2D eigenvalue weighted by Gasteiger charge is -2.35. The summed E-state index contributed by atoms with van der Waals surface area (Å²) < 4.78 is 12.8. The van der Waals surface area contributed by atoms with E-state index in [2.05, 4.69) is 54.8 Å². The second-order valence-electron chi connectivity index (χ2n) is 9.44. The van der Waals surface area contributed by atoms with Crippen molar-refractivity contribution in [3.8, 4) is 5.75 Å². The standard InChI is InChI=1S/C31H39NO3S/c1-3-24(16-18-26(33)4-2)31-30(35-28-14-7-8-15-29(28)36-31)25-12-11-13-27(19-17-25)34-23-22-32-20-9-5-6-10-21-32/h4,7-8,11,13-19,30-31,33H,2-3,5-6,9-10,12,20-23H2,1H3/b24-16+,26-18+/t30-,31+/m1/s1. The molecule has 1 saturated heterocycles. The summed E-state index contributed by atoms with van der Waals surface area (Å²) in [4.78, 5) is 3.68. The van der Waals surface area contributed by atoms with Gasteiger partial charge in [-0.05, 0) is 80.8 Å². The van der Waals surface area contributed by atoms with Gasteiger partial charge in [-0.25, -0.2) is 0 Å². The van der Waals surface area contributed by atoms with Crippen molar-refractivity contribution in [1.29, 1.82) is 0 Å². The van der Waals surface area contributed by atoms with E-state index in [1.54, 1.807) is 6.08 Å². The lowest BCUT2D eigenvalue weighted by molar-refractivity contribution is 0.167. The monoisotopic (exact) mass is 505 g/mol. The van der Waals surface area contributed by atoms with Crippen molar-refractivity contribution < 1.29 is 14.6 Å². The van der Waals surface area contributed by atoms with Gasteiger partial charge in [-0.3, -0.25) is 4.90 Å². The van der Waals surface area contributed by atoms with E-state index < -0.39 is 0 Å². The number of para-hydroxylation sites is 1. The second-order valence-corrected chi connectivity index (χ2v) is 10.6. The first-order valence-corrected chi connectivity index (χ1v) is 14.1. The third-order valence-electron chi connectivity index (χ3n) is 6.92. The molecule has 2 aliphatic heterocycles. The molecule has 4 rings (SSSR count). The van der Waals surface area contributed by atoms with E-state index in [0.29, 0.717) is 6.61 Å². The molecule has 2 atom stereocenters. The molecule has 0 spiro atoms. The SMILES string of the molecule is C=C/C(O)=C\C=C(/CC)[C@@H]1Sc2ccccc2O[C@@H]1C1=CC=C(OCCN2CCCCCC2)C=CC1. The minimum Gasteiger partial charge on any atom is -0.508 e. The molecular weight excluding hydrogens is 466 g/mol. The average Bonchev–Trinajstić information content (AvgIpc) is 3.32. The van der Waals surface area contributed by atoms with E-state index in [9.17, 15) is 5.11 Å². The molecule has 3 aliphatic rings. The van der Waals surface area contributed by atoms with E-state index in [0.717, 1.165) is 35.8 Å². The van der Waals surface area contributed by atoms with Crippen LogP contribution in [0.3, 0.4) is 0 Å². The lowest BCUT2D eigenvalue weighted by atomic mass is 9.96. The van der Waals surface area contributed by atoms with Crippen molar-refractivity contribution in [2.45, 2.75) is 61.7 Å². The molecule has 1 aromatic carbocycles. The zero-order chi connectivity index (χ0) is 25.2. The number of thioether (sulfide) groups is 1. The molecule has 36 heavy (non-hydrogen) atoms. The fourth-order valence-corrected chi connectivity index (χ4v) is 6.25. The molecule has 1 fully saturated rings. The third kappa shape index (κ3) is 7.21. The highest BCUT2D eigenvalue weighted by Crippen LogP contribution is 2.45. The minimum atomic E-state index is -0.104. The lowest BCUT2D eigenvalue weighted by Crippen LogP contribution is -2.35. The van der Waals surface area contributed by atoms with E-state index in [1.807, 2.05) is 30.0 Å². The van der Waals surface area contributed by atoms with Crippen LogP contribution in [0.1, 0.15) is 45.4 Å². The van der Waals surface area contributed by atoms with Gasteiger partial charge < -0.3 is 14.6 Å². The summed E-state index contributed by atoms with van der Waals surface area (Å²) in [6.45, 7) is 9.88. The van der Waals surface area contributed by atoms with E-state index in [1.165, 1.54) is 56.0 Å². The first-order chi connectivity index (χ1) is 17.7. The maximum atomic E-state index is 9.92. The maximum Gasteiger partial charge on any atom is 0.136 e. The number of aliphatic hydroxyl groups excluding tert-OH is 1. The molecular formula is C31H39NO3S. The van der Waals surface area contributed by atoms with E-state index in [4.69, 9.17) is 9.47 Å². The van der Waals surface area contributed by atoms with Crippen LogP contribution in [-0.4, -0.2) is 47.6 Å². The van der Waals surface area contributed by atoms with Gasteiger partial charge in [0.15, 0.2) is 0 Å². The largest absolute Gasteiger partial charge is 0.508 e. The highest BCUT2D eigenvalue weighted by molar-refractivity contribution is 8.00. The van der Waals surface area contributed by atoms with E-state index >= 15 is 0 Å². The number of aliphatic hydroxyl groups is 1. The van der Waals surface area contributed by atoms with Crippen LogP contribution in [0.5, 0.6) is 5.75 Å². The van der Waals surface area contributed by atoms with Crippen LogP contribution < -0.4 is 4.74 Å². The van der Waals surface area contributed by atoms with Crippen molar-refractivity contribution in [1.82, 2.24) is 4.90 Å². The molecule has 4 nitrogen and oxygen atoms in total. The van der Waals surface area contributed by atoms with Crippen molar-refractivity contribution in [3.63, 3.8) is 0 Å². The molecule has 0 radical (unpaired) electrons. The number of nitrogens with zero attached hydrogens (tertiary/aromatic N) is 1. The Balaban J connectivity index is 1.51. The zero-order valence-corrected chi connectivity index (χ0v) is 22.2. The number of hydrogen-bond donors (Lipinski definition) is 1. The predicted molar refractivity (Wildman–Crippen MR) is 151 cm³/mol. The highest BCUT2D eigenvalue weighted by Gasteiger charge is 2.34. The van der Waals surface area contributed by atoms with Crippen molar-refractivity contribution in [3.05, 3.63) is 96.0 Å². The Morgan fingerprint density at radius 3 is 2.75 bits per heavy atom. The summed E-state index contributed by atoms with van der Waals surface area (Å²) >= 11 is 1.84. The summed E-state index contributed by atoms with van der Waals surface area (Å²) in [7, 11) is 0. The molecule has 1 N–H and O–H groups in total. The Hall–Kier alpha value is -2.63. The Labute approximate surface area is 220 Å². The Bertz CT molecular complexity index is 1040. The topological polar surface area (TPSA) is 41.9 Å². The fourth-order valence-electron chi connectivity index (χ4n) is 4.84. The normalized spacial score (nSPS) is 23.5. The van der Waals surface area contributed by atoms with Gasteiger partial charge >= 0.3 is 0 Å². The summed E-state index contributed by atoms with van der Waals surface area (Å²) in [5, 5.41) is 10.0. The van der Waals surface area contributed by atoms with Crippen LogP contribution in [-0.2, 0) is 4.74 Å². The molecule has 0 amide bonds. The number of likely N-dealkylation sites (tertiary alicyclic amines) is 1. The summed E-state index contributed by atoms with van der Waals surface area (Å²) in [6.07, 6.45) is 20.6. The molecule has 0 bridgehead atoms. The van der Waals surface area contributed by atoms with Crippen LogP contribution in [0.4, 0.5) is 0 Å². The molecule has 2 heterocycles. The number of benzene rings is 1. The average molecular weight is 506 g/mol. The Morgan fingerprint density at radius 1 is 1.17 bits per heavy atom. The van der Waals surface area contributed by atoms with Gasteiger partial charge in [-0.2, -0.15) is 0 Å². The third-order valence-corrected chi connectivity index (χ3v) is 8.32. The highest BCUT2D eigenvalue weighted by atomic mass is 32.2. The van der Waals surface area contributed by atoms with Crippen molar-refractivity contribution >= 4 is 11.8 Å². The molecule has 0 aromatic heterocycles. The van der Waals surface area contributed by atoms with Gasteiger partial charge in [0.1, 0.15) is 30.0 Å². The van der Waals surface area contributed by atoms with Gasteiger partial charge in [0.2, 0.25) is 0 Å². The van der Waals surface area contributed by atoms with Crippen LogP contribution in [0.25, 0.3) is 0 Å². The van der Waals surface area contributed by atoms with Crippen molar-refractivity contribution in [2.75, 3.05) is 26.2 Å². The van der Waals surface area contributed by atoms with E-state index in [-0.39, 0.29) is 17.1 Å². The molecule has 0 unspecified atom stereocenters. The van der Waals surface area contributed by atoms with Gasteiger partial charge in [-0.15, -0.1) is 11.8 Å². The van der Waals surface area contributed by atoms with Gasteiger partial charge in [0.25, 0.3) is 0 Å². The smallest absolute Gasteiger partial charge is 0.136 e. The molecule has 1 aliphatic carbocycles. The second kappa shape index (κ2) is 13.6. The quantitative estimate of drug-likeness (QED) is 0.277. The van der Waals surface area contributed by atoms with Crippen molar-refractivity contribution in [2.24, 2.45) is 0 Å². The van der Waals surface area contributed by atoms with Crippen LogP contribution in [0, 0.1) is 0 Å². The minimum absolute atomic E-state index is 0.104. The Morgan fingerprint density at radius 2 is 1.97 bits per heavy atom. The number of rotatable bonds is 9. The molecule has 5 heteroatoms. The van der Waals surface area contributed by atoms with Gasteiger partial charge in [0.05, 0.1) is 10.1 Å². The summed E-state index contributed by atoms with van der Waals surface area (Å²) in [5.74, 6) is 2.00. The van der Waals surface area contributed by atoms with Crippen LogP contribution in [0.2, 0.25) is 0 Å². The predicted octanol–water partition coefficient (Wildman–Crippen LogP) is 7.54.